The van der Waals surface area contributed by atoms with Gasteiger partial charge in [0.25, 0.3) is 0 Å². The van der Waals surface area contributed by atoms with E-state index in [9.17, 15) is 0 Å². The topological polar surface area (TPSA) is 99.3 Å². The predicted octanol–water partition coefficient (Wildman–Crippen LogP) is 24.1. The number of pyridine rings is 2. The number of nitrogens with zero attached hydrogens (tertiary/aromatic N) is 6. The molecule has 0 bridgehead atoms. The smallest absolute Gasteiger partial charge is 0.159 e. The molecular formula is C102H74N8. The van der Waals surface area contributed by atoms with E-state index in [0.29, 0.717) is 11.7 Å². The molecule has 0 fully saturated rings. The summed E-state index contributed by atoms with van der Waals surface area (Å²) in [6.07, 6.45) is -0.853. The molecule has 0 radical (unpaired) electrons. The fraction of sp³-hybridized carbons (Fsp3) is 0.0784. The van der Waals surface area contributed by atoms with Gasteiger partial charge in [-0.2, -0.15) is 0 Å². The monoisotopic (exact) mass is 1410 g/mol. The van der Waals surface area contributed by atoms with Crippen LogP contribution in [-0.2, 0) is 10.8 Å². The number of amidine groups is 4. The zero-order valence-electron chi connectivity index (χ0n) is 61.3. The molecule has 2 aromatic heterocycles. The Balaban J connectivity index is 0.641. The molecule has 20 rings (SSSR count). The van der Waals surface area contributed by atoms with Crippen molar-refractivity contribution in [2.75, 3.05) is 0 Å². The minimum absolute atomic E-state index is 0.192. The Morgan fingerprint density at radius 2 is 0.618 bits per heavy atom. The molecule has 8 heteroatoms. The van der Waals surface area contributed by atoms with Crippen LogP contribution < -0.4 is 10.6 Å². The van der Waals surface area contributed by atoms with E-state index in [1.54, 1.807) is 0 Å². The Bertz CT molecular complexity index is 6510. The van der Waals surface area contributed by atoms with Crippen LogP contribution in [0.15, 0.2) is 372 Å². The molecule has 0 saturated heterocycles. The molecule has 4 aliphatic rings. The van der Waals surface area contributed by atoms with Crippen molar-refractivity contribution >= 4 is 45.1 Å². The van der Waals surface area contributed by atoms with E-state index < -0.39 is 12.3 Å². The van der Waals surface area contributed by atoms with E-state index in [1.165, 1.54) is 55.6 Å². The number of aromatic nitrogens is 2. The molecule has 4 heterocycles. The maximum Gasteiger partial charge on any atom is 0.159 e. The molecule has 2 aliphatic carbocycles. The molecule has 2 unspecified atom stereocenters. The standard InChI is InChI=1S/C102H74N8/c1-101(2)87-47-21-19-45-79(87)83-57-85-81(72-38-24-35-69(54-72)63-27-9-5-10-28-63)59-91(103-93(85)61-89(83)101)73-39-25-41-75(55-73)100-109-97(67-33-15-8-16-34-67)106-98(110-100)68-51-49-64(50-52-68)70-36-23-37-71(53-70)77-43-17-18-44-78(77)82-60-92(104-94-62-90-84(58-86(82)94)80-46-20-22-48-88(80)102(90,3)4)74-40-26-42-76(56-74)99-107-95(65-29-11-6-12-30-65)105-96(108-99)66-31-13-7-14-32-66/h5-62,98-99H,1-4H3,(H,105,107,108)(H,106,109,110). The third kappa shape index (κ3) is 11.6. The van der Waals surface area contributed by atoms with Crippen molar-refractivity contribution in [1.82, 2.24) is 20.6 Å². The quantitative estimate of drug-likeness (QED) is 0.120. The highest BCUT2D eigenvalue weighted by Gasteiger charge is 2.38. The first-order chi connectivity index (χ1) is 54.0. The molecule has 2 N–H and O–H groups in total. The van der Waals surface area contributed by atoms with Crippen molar-refractivity contribution in [2.45, 2.75) is 50.9 Å². The molecule has 8 nitrogen and oxygen atoms in total. The third-order valence-electron chi connectivity index (χ3n) is 22.8. The van der Waals surface area contributed by atoms with E-state index in [1.807, 2.05) is 54.6 Å². The molecule has 0 saturated carbocycles. The lowest BCUT2D eigenvalue weighted by molar-refractivity contribution is 0.661. The summed E-state index contributed by atoms with van der Waals surface area (Å²) in [5.74, 6) is 2.84. The van der Waals surface area contributed by atoms with Crippen molar-refractivity contribution < 1.29 is 0 Å². The van der Waals surface area contributed by atoms with Crippen molar-refractivity contribution in [3.05, 3.63) is 407 Å². The highest BCUT2D eigenvalue weighted by Crippen LogP contribution is 2.53. The highest BCUT2D eigenvalue weighted by molar-refractivity contribution is 6.15. The number of benzene rings is 14. The Hall–Kier alpha value is -13.8. The van der Waals surface area contributed by atoms with Crippen LogP contribution in [0.25, 0.3) is 122 Å². The number of fused-ring (bicyclic) bond motifs is 8. The average molecular weight is 1410 g/mol. The van der Waals surface area contributed by atoms with Gasteiger partial charge in [0.1, 0.15) is 24.0 Å². The Kier molecular flexibility index (Phi) is 15.9. The van der Waals surface area contributed by atoms with Crippen molar-refractivity contribution in [3.63, 3.8) is 0 Å². The lowest BCUT2D eigenvalue weighted by Gasteiger charge is -2.24. The summed E-state index contributed by atoms with van der Waals surface area (Å²) < 4.78 is 0. The van der Waals surface area contributed by atoms with Crippen LogP contribution in [0.3, 0.4) is 0 Å². The van der Waals surface area contributed by atoms with Crippen LogP contribution in [0.4, 0.5) is 0 Å². The highest BCUT2D eigenvalue weighted by atomic mass is 15.2. The summed E-state index contributed by atoms with van der Waals surface area (Å²) in [4.78, 5) is 32.3. The van der Waals surface area contributed by atoms with Gasteiger partial charge in [-0.25, -0.2) is 29.9 Å². The average Bonchev–Trinajstić information content (AvgIpc) is 1.55. The molecule has 2 atom stereocenters. The van der Waals surface area contributed by atoms with E-state index in [-0.39, 0.29) is 10.8 Å². The van der Waals surface area contributed by atoms with Crippen LogP contribution in [0.2, 0.25) is 0 Å². The van der Waals surface area contributed by atoms with Gasteiger partial charge in [-0.05, 0) is 172 Å². The van der Waals surface area contributed by atoms with Gasteiger partial charge < -0.3 is 10.6 Å². The maximum atomic E-state index is 5.64. The van der Waals surface area contributed by atoms with Crippen molar-refractivity contribution in [1.29, 1.82) is 0 Å². The summed E-state index contributed by atoms with van der Waals surface area (Å²) in [7, 11) is 0. The van der Waals surface area contributed by atoms with Crippen LogP contribution in [0, 0.1) is 0 Å². The number of hydrogen-bond donors (Lipinski definition) is 2. The van der Waals surface area contributed by atoms with Gasteiger partial charge in [0.05, 0.1) is 22.4 Å². The second-order valence-corrected chi connectivity index (χ2v) is 30.2. The van der Waals surface area contributed by atoms with Gasteiger partial charge in [0.2, 0.25) is 0 Å². The number of aliphatic imine (C=N–C) groups is 4. The Labute approximate surface area is 640 Å². The van der Waals surface area contributed by atoms with Gasteiger partial charge >= 0.3 is 0 Å². The fourth-order valence-corrected chi connectivity index (χ4v) is 17.0. The molecule has 522 valence electrons. The summed E-state index contributed by atoms with van der Waals surface area (Å²) in [5, 5.41) is 9.74. The summed E-state index contributed by atoms with van der Waals surface area (Å²) in [5.41, 5.74) is 32.6. The molecule has 16 aromatic rings. The fourth-order valence-electron chi connectivity index (χ4n) is 17.0. The number of hydrogen-bond acceptors (Lipinski definition) is 8. The van der Waals surface area contributed by atoms with Gasteiger partial charge in [-0.15, -0.1) is 0 Å². The van der Waals surface area contributed by atoms with Gasteiger partial charge in [-0.3, -0.25) is 0 Å². The van der Waals surface area contributed by atoms with E-state index in [2.05, 4.69) is 336 Å². The normalized spacial score (nSPS) is 15.6. The first-order valence-electron chi connectivity index (χ1n) is 37.9. The van der Waals surface area contributed by atoms with Crippen LogP contribution in [-0.4, -0.2) is 33.3 Å². The molecule has 0 amide bonds. The Morgan fingerprint density at radius 1 is 0.236 bits per heavy atom. The van der Waals surface area contributed by atoms with Crippen molar-refractivity contribution in [2.24, 2.45) is 20.0 Å². The lowest BCUT2D eigenvalue weighted by Crippen LogP contribution is -2.33. The lowest BCUT2D eigenvalue weighted by atomic mass is 9.82. The maximum absolute atomic E-state index is 5.64. The van der Waals surface area contributed by atoms with Gasteiger partial charge in [-0.1, -0.05) is 319 Å². The summed E-state index contributed by atoms with van der Waals surface area (Å²) in [6.45, 7) is 9.35. The zero-order valence-corrected chi connectivity index (χ0v) is 61.3. The second-order valence-electron chi connectivity index (χ2n) is 30.2. The SMILES string of the molecule is CC1(C)c2ccccc2-c2cc3c(-c4cccc(-c5ccccc5)c4)cc(-c4cccc(C5=NC(c6ccccc6)=NC(c6ccc(-c7cccc(-c8ccccc8-c8cc(-c9cccc(C%10N=C(c%11ccccc%11)N=C(c%11ccccc%11)N%10)c9)nc9cc%10c(cc89)-c8ccccc8C%10(C)C)c7)cc6)N5)c4)nc3cc21. The molecule has 2 aliphatic heterocycles. The van der Waals surface area contributed by atoms with Crippen LogP contribution >= 0.6 is 0 Å². The zero-order chi connectivity index (χ0) is 73.6. The van der Waals surface area contributed by atoms with E-state index in [4.69, 9.17) is 29.9 Å². The van der Waals surface area contributed by atoms with Gasteiger partial charge in [0, 0.05) is 55.0 Å². The van der Waals surface area contributed by atoms with E-state index >= 15 is 0 Å². The molecule has 110 heavy (non-hydrogen) atoms. The van der Waals surface area contributed by atoms with Crippen molar-refractivity contribution in [3.8, 4) is 100 Å². The minimum atomic E-state index is -0.444. The number of nitrogens with one attached hydrogen (secondary N) is 2. The molecule has 0 spiro atoms. The Morgan fingerprint density at radius 3 is 1.17 bits per heavy atom. The minimum Gasteiger partial charge on any atom is -0.344 e. The number of rotatable bonds is 13. The third-order valence-corrected chi connectivity index (χ3v) is 22.8. The first-order valence-corrected chi connectivity index (χ1v) is 37.9. The molecule has 14 aromatic carbocycles. The van der Waals surface area contributed by atoms with E-state index in [0.717, 1.165) is 134 Å². The van der Waals surface area contributed by atoms with Crippen LogP contribution in [0.1, 0.15) is 95.7 Å². The first kappa shape index (κ1) is 65.7. The largest absolute Gasteiger partial charge is 0.344 e. The second kappa shape index (κ2) is 26.6. The van der Waals surface area contributed by atoms with Gasteiger partial charge in [0.15, 0.2) is 11.7 Å². The van der Waals surface area contributed by atoms with Crippen LogP contribution in [0.5, 0.6) is 0 Å². The molecular weight excluding hydrogens is 1340 g/mol. The summed E-state index contributed by atoms with van der Waals surface area (Å²) in [6, 6.07) is 126. The predicted molar refractivity (Wildman–Crippen MR) is 454 cm³/mol. The summed E-state index contributed by atoms with van der Waals surface area (Å²) >= 11 is 0.